The van der Waals surface area contributed by atoms with Gasteiger partial charge in [0.05, 0.1) is 22.4 Å². The number of H-pyrrole nitrogens is 1. The second-order valence-electron chi connectivity index (χ2n) is 6.53. The summed E-state index contributed by atoms with van der Waals surface area (Å²) in [6.45, 7) is 0. The minimum atomic E-state index is -0.817. The van der Waals surface area contributed by atoms with Crippen molar-refractivity contribution in [1.29, 1.82) is 0 Å². The van der Waals surface area contributed by atoms with E-state index in [0.29, 0.717) is 5.95 Å². The SMILES string of the molecule is O=C1Nc2ccccc2C(c2ccccc2)=NC1Nc1nc2ccccc2[nH]1. The molecule has 0 bridgehead atoms. The quantitative estimate of drug-likeness (QED) is 0.515. The number of benzene rings is 3. The van der Waals surface area contributed by atoms with E-state index in [2.05, 4.69) is 20.6 Å². The van der Waals surface area contributed by atoms with Gasteiger partial charge in [0, 0.05) is 11.1 Å². The average Bonchev–Trinajstić information content (AvgIpc) is 3.08. The van der Waals surface area contributed by atoms with Crippen LogP contribution in [0.25, 0.3) is 11.0 Å². The van der Waals surface area contributed by atoms with Gasteiger partial charge in [-0.25, -0.2) is 9.98 Å². The van der Waals surface area contributed by atoms with Gasteiger partial charge in [0.1, 0.15) is 0 Å². The molecule has 0 radical (unpaired) electrons. The molecule has 136 valence electrons. The van der Waals surface area contributed by atoms with Gasteiger partial charge in [-0.15, -0.1) is 0 Å². The summed E-state index contributed by atoms with van der Waals surface area (Å²) in [6.07, 6.45) is -0.817. The highest BCUT2D eigenvalue weighted by Crippen LogP contribution is 2.24. The third-order valence-corrected chi connectivity index (χ3v) is 4.66. The Hall–Kier alpha value is -3.93. The van der Waals surface area contributed by atoms with Gasteiger partial charge in [0.25, 0.3) is 5.91 Å². The van der Waals surface area contributed by atoms with E-state index in [9.17, 15) is 4.79 Å². The number of rotatable bonds is 3. The Morgan fingerprint density at radius 1 is 0.857 bits per heavy atom. The molecule has 0 saturated heterocycles. The number of aromatic nitrogens is 2. The first-order chi connectivity index (χ1) is 13.8. The largest absolute Gasteiger partial charge is 0.326 e. The summed E-state index contributed by atoms with van der Waals surface area (Å²) in [5.74, 6) is 0.266. The average molecular weight is 367 g/mol. The molecule has 5 rings (SSSR count). The molecule has 3 N–H and O–H groups in total. The van der Waals surface area contributed by atoms with Gasteiger partial charge in [-0.1, -0.05) is 60.7 Å². The molecule has 0 saturated carbocycles. The van der Waals surface area contributed by atoms with Crippen molar-refractivity contribution in [3.05, 3.63) is 90.0 Å². The normalized spacial score (nSPS) is 16.1. The molecule has 2 heterocycles. The molecule has 1 aromatic heterocycles. The Morgan fingerprint density at radius 3 is 2.46 bits per heavy atom. The maximum Gasteiger partial charge on any atom is 0.269 e. The minimum Gasteiger partial charge on any atom is -0.326 e. The van der Waals surface area contributed by atoms with Crippen molar-refractivity contribution >= 4 is 34.3 Å². The van der Waals surface area contributed by atoms with Crippen LogP contribution in [0.3, 0.4) is 0 Å². The summed E-state index contributed by atoms with van der Waals surface area (Å²) < 4.78 is 0. The van der Waals surface area contributed by atoms with Crippen molar-refractivity contribution in [3.63, 3.8) is 0 Å². The number of anilines is 2. The number of nitrogens with one attached hydrogen (secondary N) is 3. The molecular formula is C22H17N5O. The smallest absolute Gasteiger partial charge is 0.269 e. The third-order valence-electron chi connectivity index (χ3n) is 4.66. The maximum absolute atomic E-state index is 12.9. The topological polar surface area (TPSA) is 82.2 Å². The maximum atomic E-state index is 12.9. The lowest BCUT2D eigenvalue weighted by Crippen LogP contribution is -2.33. The van der Waals surface area contributed by atoms with Crippen LogP contribution < -0.4 is 10.6 Å². The number of aliphatic imine (C=N–C) groups is 1. The number of amides is 1. The van der Waals surface area contributed by atoms with Gasteiger partial charge in [-0.05, 0) is 18.2 Å². The monoisotopic (exact) mass is 367 g/mol. The standard InChI is InChI=1S/C22H17N5O/c28-21-20(27-22-24-17-12-6-7-13-18(17)25-22)26-19(14-8-2-1-3-9-14)15-10-4-5-11-16(15)23-21/h1-13,20H,(H,23,28)(H2,24,25,27). The van der Waals surface area contributed by atoms with E-state index in [0.717, 1.165) is 33.6 Å². The number of benzodiazepines with no additional fused rings is 1. The summed E-state index contributed by atoms with van der Waals surface area (Å²) in [7, 11) is 0. The van der Waals surface area contributed by atoms with Crippen LogP contribution in [0.2, 0.25) is 0 Å². The molecule has 1 aliphatic rings. The lowest BCUT2D eigenvalue weighted by Gasteiger charge is -2.12. The fourth-order valence-electron chi connectivity index (χ4n) is 3.33. The fourth-order valence-corrected chi connectivity index (χ4v) is 3.33. The molecule has 0 aliphatic carbocycles. The summed E-state index contributed by atoms with van der Waals surface area (Å²) in [4.78, 5) is 25.3. The van der Waals surface area contributed by atoms with Crippen LogP contribution in [-0.4, -0.2) is 27.8 Å². The zero-order valence-electron chi connectivity index (χ0n) is 14.9. The summed E-state index contributed by atoms with van der Waals surface area (Å²) in [6, 6.07) is 25.3. The highest BCUT2D eigenvalue weighted by Gasteiger charge is 2.26. The minimum absolute atomic E-state index is 0.237. The van der Waals surface area contributed by atoms with E-state index < -0.39 is 6.17 Å². The Kier molecular flexibility index (Phi) is 3.87. The van der Waals surface area contributed by atoms with Crippen molar-refractivity contribution in [2.24, 2.45) is 4.99 Å². The number of imidazole rings is 1. The van der Waals surface area contributed by atoms with Crippen LogP contribution in [-0.2, 0) is 4.79 Å². The summed E-state index contributed by atoms with van der Waals surface area (Å²) >= 11 is 0. The number of aromatic amines is 1. The molecule has 6 nitrogen and oxygen atoms in total. The van der Waals surface area contributed by atoms with Crippen molar-refractivity contribution in [2.45, 2.75) is 6.17 Å². The van der Waals surface area contributed by atoms with Crippen LogP contribution in [0.1, 0.15) is 11.1 Å². The Morgan fingerprint density at radius 2 is 1.61 bits per heavy atom. The lowest BCUT2D eigenvalue weighted by molar-refractivity contribution is -0.116. The molecule has 0 fully saturated rings. The van der Waals surface area contributed by atoms with Gasteiger partial charge in [-0.3, -0.25) is 4.79 Å². The predicted molar refractivity (Wildman–Crippen MR) is 111 cm³/mol. The van der Waals surface area contributed by atoms with E-state index in [1.807, 2.05) is 78.9 Å². The molecule has 1 atom stereocenters. The fraction of sp³-hybridized carbons (Fsp3) is 0.0455. The second-order valence-corrected chi connectivity index (χ2v) is 6.53. The van der Waals surface area contributed by atoms with Crippen LogP contribution in [0.4, 0.5) is 11.6 Å². The third kappa shape index (κ3) is 2.91. The first kappa shape index (κ1) is 16.3. The predicted octanol–water partition coefficient (Wildman–Crippen LogP) is 3.79. The molecule has 3 aromatic carbocycles. The molecule has 6 heteroatoms. The first-order valence-electron chi connectivity index (χ1n) is 9.03. The Balaban J connectivity index is 1.58. The highest BCUT2D eigenvalue weighted by atomic mass is 16.2. The number of nitrogens with zero attached hydrogens (tertiary/aromatic N) is 2. The Labute approximate surface area is 161 Å². The van der Waals surface area contributed by atoms with Gasteiger partial charge < -0.3 is 15.6 Å². The van der Waals surface area contributed by atoms with Crippen LogP contribution >= 0.6 is 0 Å². The molecule has 28 heavy (non-hydrogen) atoms. The van der Waals surface area contributed by atoms with Crippen LogP contribution in [0, 0.1) is 0 Å². The summed E-state index contributed by atoms with van der Waals surface area (Å²) in [5, 5.41) is 6.10. The molecule has 4 aromatic rings. The van der Waals surface area contributed by atoms with Crippen molar-refractivity contribution in [2.75, 3.05) is 10.6 Å². The van der Waals surface area contributed by atoms with Crippen LogP contribution in [0.15, 0.2) is 83.9 Å². The zero-order valence-corrected chi connectivity index (χ0v) is 14.9. The number of hydrogen-bond donors (Lipinski definition) is 3. The van der Waals surface area contributed by atoms with E-state index >= 15 is 0 Å². The van der Waals surface area contributed by atoms with Gasteiger partial charge >= 0.3 is 0 Å². The second kappa shape index (κ2) is 6.66. The van der Waals surface area contributed by atoms with Crippen molar-refractivity contribution in [1.82, 2.24) is 9.97 Å². The zero-order chi connectivity index (χ0) is 18.9. The van der Waals surface area contributed by atoms with E-state index in [1.54, 1.807) is 0 Å². The number of hydrogen-bond acceptors (Lipinski definition) is 4. The number of carbonyl (C=O) groups is 1. The van der Waals surface area contributed by atoms with E-state index in [1.165, 1.54) is 0 Å². The first-order valence-corrected chi connectivity index (χ1v) is 9.03. The van der Waals surface area contributed by atoms with Gasteiger partial charge in [0.2, 0.25) is 12.1 Å². The highest BCUT2D eigenvalue weighted by molar-refractivity contribution is 6.19. The lowest BCUT2D eigenvalue weighted by atomic mass is 10.0. The van der Waals surface area contributed by atoms with Gasteiger partial charge in [-0.2, -0.15) is 0 Å². The molecule has 0 spiro atoms. The van der Waals surface area contributed by atoms with E-state index in [-0.39, 0.29) is 5.91 Å². The molecule has 1 aliphatic heterocycles. The molecule has 1 unspecified atom stereocenters. The van der Waals surface area contributed by atoms with Crippen molar-refractivity contribution < 1.29 is 4.79 Å². The molecular weight excluding hydrogens is 350 g/mol. The van der Waals surface area contributed by atoms with E-state index in [4.69, 9.17) is 4.99 Å². The summed E-state index contributed by atoms with van der Waals surface area (Å²) in [5.41, 5.74) is 5.05. The number of fused-ring (bicyclic) bond motifs is 2. The molecule has 1 amide bonds. The number of carbonyl (C=O) groups excluding carboxylic acids is 1. The Bertz CT molecular complexity index is 1160. The van der Waals surface area contributed by atoms with Crippen molar-refractivity contribution in [3.8, 4) is 0 Å². The van der Waals surface area contributed by atoms with Gasteiger partial charge in [0.15, 0.2) is 0 Å². The number of para-hydroxylation sites is 3. The van der Waals surface area contributed by atoms with Crippen LogP contribution in [0.5, 0.6) is 0 Å².